The molecule has 1 atom stereocenters. The minimum absolute atomic E-state index is 0.140. The Hall–Kier alpha value is -3.41. The molecule has 4 rings (SSSR count). The number of amides is 1. The molecule has 0 bridgehead atoms. The van der Waals surface area contributed by atoms with Gasteiger partial charge in [0.2, 0.25) is 0 Å². The quantitative estimate of drug-likeness (QED) is 0.625. The minimum Gasteiger partial charge on any atom is -0.342 e. The zero-order valence-corrected chi connectivity index (χ0v) is 13.7. The van der Waals surface area contributed by atoms with Crippen molar-refractivity contribution >= 4 is 11.6 Å². The summed E-state index contributed by atoms with van der Waals surface area (Å²) in [6, 6.07) is 16.9. The van der Waals surface area contributed by atoms with E-state index < -0.39 is 0 Å². The van der Waals surface area contributed by atoms with Crippen LogP contribution in [0.4, 0.5) is 0 Å². The predicted molar refractivity (Wildman–Crippen MR) is 94.6 cm³/mol. The molecule has 6 nitrogen and oxygen atoms in total. The smallest absolute Gasteiger partial charge is 0.251 e. The van der Waals surface area contributed by atoms with Gasteiger partial charge in [-0.25, -0.2) is 0 Å². The Morgan fingerprint density at radius 2 is 1.68 bits per heavy atom. The van der Waals surface area contributed by atoms with E-state index in [1.54, 1.807) is 0 Å². The van der Waals surface area contributed by atoms with Gasteiger partial charge in [-0.1, -0.05) is 6.07 Å². The number of fused-ring (bicyclic) bond motifs is 1. The molecule has 0 radical (unpaired) electrons. The van der Waals surface area contributed by atoms with Crippen molar-refractivity contribution in [1.29, 1.82) is 0 Å². The summed E-state index contributed by atoms with van der Waals surface area (Å²) in [4.78, 5) is 12.5. The average molecular weight is 331 g/mol. The van der Waals surface area contributed by atoms with Gasteiger partial charge in [0.05, 0.1) is 6.04 Å². The first-order valence-corrected chi connectivity index (χ1v) is 8.06. The lowest BCUT2D eigenvalue weighted by Crippen LogP contribution is -2.28. The van der Waals surface area contributed by atoms with Crippen molar-refractivity contribution in [3.63, 3.8) is 0 Å². The van der Waals surface area contributed by atoms with Gasteiger partial charge in [-0.3, -0.25) is 9.20 Å². The largest absolute Gasteiger partial charge is 0.342 e. The Morgan fingerprint density at radius 1 is 0.960 bits per heavy atom. The summed E-state index contributed by atoms with van der Waals surface area (Å²) in [7, 11) is 0. The van der Waals surface area contributed by atoms with Gasteiger partial charge < -0.3 is 9.88 Å². The van der Waals surface area contributed by atoms with Crippen LogP contribution in [0.5, 0.6) is 0 Å². The normalized spacial score (nSPS) is 12.2. The Morgan fingerprint density at radius 3 is 2.44 bits per heavy atom. The van der Waals surface area contributed by atoms with Crippen LogP contribution in [-0.2, 0) is 0 Å². The van der Waals surface area contributed by atoms with Gasteiger partial charge in [-0.05, 0) is 55.5 Å². The Balaban J connectivity index is 1.51. The van der Waals surface area contributed by atoms with Crippen molar-refractivity contribution < 1.29 is 4.79 Å². The second-order valence-electron chi connectivity index (χ2n) is 5.82. The monoisotopic (exact) mass is 331 g/mol. The van der Waals surface area contributed by atoms with Gasteiger partial charge >= 0.3 is 0 Å². The molecule has 0 aliphatic rings. The SMILES string of the molecule is C[C@@H](NC(=O)c1ccc(-n2cccc2)cc1)c1nnc2ccccn12. The number of benzene rings is 1. The molecule has 25 heavy (non-hydrogen) atoms. The van der Waals surface area contributed by atoms with Crippen molar-refractivity contribution in [2.45, 2.75) is 13.0 Å². The van der Waals surface area contributed by atoms with Crippen LogP contribution in [0.2, 0.25) is 0 Å². The minimum atomic E-state index is -0.256. The maximum Gasteiger partial charge on any atom is 0.251 e. The second-order valence-corrected chi connectivity index (χ2v) is 5.82. The number of rotatable bonds is 4. The van der Waals surface area contributed by atoms with Crippen LogP contribution in [0.1, 0.15) is 29.1 Å². The van der Waals surface area contributed by atoms with E-state index in [-0.39, 0.29) is 11.9 Å². The van der Waals surface area contributed by atoms with E-state index in [4.69, 9.17) is 0 Å². The summed E-state index contributed by atoms with van der Waals surface area (Å²) in [5, 5.41) is 11.3. The maximum absolute atomic E-state index is 12.5. The summed E-state index contributed by atoms with van der Waals surface area (Å²) in [5.74, 6) is 0.562. The van der Waals surface area contributed by atoms with Gasteiger partial charge in [-0.2, -0.15) is 0 Å². The zero-order valence-electron chi connectivity index (χ0n) is 13.7. The van der Waals surface area contributed by atoms with Gasteiger partial charge in [0.25, 0.3) is 5.91 Å². The lowest BCUT2D eigenvalue weighted by Gasteiger charge is -2.13. The standard InChI is InChI=1S/C19H17N5O/c1-14(18-22-21-17-6-2-3-13-24(17)18)20-19(25)15-7-9-16(10-8-15)23-11-4-5-12-23/h2-14H,1H3,(H,20,25)/t14-/m1/s1. The molecule has 0 spiro atoms. The number of aromatic nitrogens is 4. The molecule has 1 amide bonds. The molecule has 0 aliphatic carbocycles. The second kappa shape index (κ2) is 6.24. The van der Waals surface area contributed by atoms with E-state index in [9.17, 15) is 4.79 Å². The summed E-state index contributed by atoms with van der Waals surface area (Å²) in [6.45, 7) is 1.90. The van der Waals surface area contributed by atoms with E-state index in [1.165, 1.54) is 0 Å². The van der Waals surface area contributed by atoms with E-state index in [0.29, 0.717) is 11.4 Å². The first-order valence-electron chi connectivity index (χ1n) is 8.06. The first kappa shape index (κ1) is 15.1. The van der Waals surface area contributed by atoms with Crippen molar-refractivity contribution in [3.05, 3.63) is 84.6 Å². The van der Waals surface area contributed by atoms with Crippen LogP contribution >= 0.6 is 0 Å². The van der Waals surface area contributed by atoms with Crippen LogP contribution in [0.3, 0.4) is 0 Å². The molecule has 124 valence electrons. The topological polar surface area (TPSA) is 64.2 Å². The highest BCUT2D eigenvalue weighted by atomic mass is 16.1. The van der Waals surface area contributed by atoms with Crippen LogP contribution < -0.4 is 5.32 Å². The number of carbonyl (C=O) groups is 1. The molecule has 0 aliphatic heterocycles. The van der Waals surface area contributed by atoms with Crippen molar-refractivity contribution in [1.82, 2.24) is 24.5 Å². The van der Waals surface area contributed by atoms with Crippen molar-refractivity contribution in [3.8, 4) is 5.69 Å². The number of hydrogen-bond donors (Lipinski definition) is 1. The fourth-order valence-corrected chi connectivity index (χ4v) is 2.79. The Bertz CT molecular complexity index is 1000. The van der Waals surface area contributed by atoms with Gasteiger partial charge in [0.15, 0.2) is 11.5 Å². The molecule has 1 N–H and O–H groups in total. The molecule has 6 heteroatoms. The van der Waals surface area contributed by atoms with E-state index in [0.717, 1.165) is 11.3 Å². The molecule has 0 unspecified atom stereocenters. The third kappa shape index (κ3) is 2.89. The van der Waals surface area contributed by atoms with Crippen LogP contribution in [0, 0.1) is 0 Å². The molecule has 0 fully saturated rings. The van der Waals surface area contributed by atoms with E-state index >= 15 is 0 Å². The number of pyridine rings is 1. The Labute approximate surface area is 144 Å². The maximum atomic E-state index is 12.5. The summed E-state index contributed by atoms with van der Waals surface area (Å²) < 4.78 is 3.87. The predicted octanol–water partition coefficient (Wildman–Crippen LogP) is 3.01. The summed E-state index contributed by atoms with van der Waals surface area (Å²) in [6.07, 6.45) is 5.82. The molecular weight excluding hydrogens is 314 g/mol. The first-order chi connectivity index (χ1) is 12.2. The molecule has 3 aromatic heterocycles. The fraction of sp³-hybridized carbons (Fsp3) is 0.105. The van der Waals surface area contributed by atoms with Crippen LogP contribution in [0.15, 0.2) is 73.2 Å². The molecular formula is C19H17N5O. The van der Waals surface area contributed by atoms with Crippen molar-refractivity contribution in [2.75, 3.05) is 0 Å². The Kier molecular flexibility index (Phi) is 3.78. The number of carbonyl (C=O) groups excluding carboxylic acids is 1. The van der Waals surface area contributed by atoms with Crippen molar-refractivity contribution in [2.24, 2.45) is 0 Å². The molecule has 1 aromatic carbocycles. The summed E-state index contributed by atoms with van der Waals surface area (Å²) >= 11 is 0. The molecule has 0 saturated carbocycles. The number of nitrogens with zero attached hydrogens (tertiary/aromatic N) is 4. The van der Waals surface area contributed by atoms with Crippen LogP contribution in [-0.4, -0.2) is 25.1 Å². The molecule has 4 aromatic rings. The van der Waals surface area contributed by atoms with Gasteiger partial charge in [0.1, 0.15) is 0 Å². The average Bonchev–Trinajstić information content (AvgIpc) is 3.31. The highest BCUT2D eigenvalue weighted by Gasteiger charge is 2.16. The fourth-order valence-electron chi connectivity index (χ4n) is 2.79. The van der Waals surface area contributed by atoms with Gasteiger partial charge in [-0.15, -0.1) is 10.2 Å². The lowest BCUT2D eigenvalue weighted by atomic mass is 10.1. The highest BCUT2D eigenvalue weighted by Crippen LogP contribution is 2.14. The highest BCUT2D eigenvalue weighted by molar-refractivity contribution is 5.94. The molecule has 0 saturated heterocycles. The zero-order chi connectivity index (χ0) is 17.2. The van der Waals surface area contributed by atoms with E-state index in [2.05, 4.69) is 15.5 Å². The summed E-state index contributed by atoms with van der Waals surface area (Å²) in [5.41, 5.74) is 2.38. The van der Waals surface area contributed by atoms with Gasteiger partial charge in [0, 0.05) is 29.8 Å². The lowest BCUT2D eigenvalue weighted by molar-refractivity contribution is 0.0938. The third-order valence-corrected chi connectivity index (χ3v) is 4.11. The number of hydrogen-bond acceptors (Lipinski definition) is 3. The molecule has 3 heterocycles. The van der Waals surface area contributed by atoms with E-state index in [1.807, 2.05) is 89.1 Å². The van der Waals surface area contributed by atoms with Crippen LogP contribution in [0.25, 0.3) is 11.3 Å². The third-order valence-electron chi connectivity index (χ3n) is 4.11. The number of nitrogens with one attached hydrogen (secondary N) is 1.